The topological polar surface area (TPSA) is 88.2 Å². The first-order valence-corrected chi connectivity index (χ1v) is 9.86. The maximum atomic E-state index is 12.6. The molecule has 0 saturated carbocycles. The van der Waals surface area contributed by atoms with Gasteiger partial charge in [0.2, 0.25) is 0 Å². The summed E-state index contributed by atoms with van der Waals surface area (Å²) in [5.41, 5.74) is 1.43. The van der Waals surface area contributed by atoms with Gasteiger partial charge in [0.05, 0.1) is 5.02 Å². The highest BCUT2D eigenvalue weighted by Gasteiger charge is 2.20. The van der Waals surface area contributed by atoms with Gasteiger partial charge >= 0.3 is 0 Å². The monoisotopic (exact) mass is 401 g/mol. The molecule has 6 nitrogen and oxygen atoms in total. The molecule has 2 aromatic carbocycles. The van der Waals surface area contributed by atoms with Crippen LogP contribution in [0.3, 0.4) is 0 Å². The van der Waals surface area contributed by atoms with Crippen molar-refractivity contribution in [1.29, 1.82) is 0 Å². The summed E-state index contributed by atoms with van der Waals surface area (Å²) in [7, 11) is -3.94. The van der Waals surface area contributed by atoms with Crippen LogP contribution in [0.4, 0.5) is 5.69 Å². The van der Waals surface area contributed by atoms with Crippen LogP contribution in [0.15, 0.2) is 78.0 Å². The Bertz CT molecular complexity index is 1040. The van der Waals surface area contributed by atoms with Crippen LogP contribution in [0, 0.1) is 0 Å². The van der Waals surface area contributed by atoms with Crippen LogP contribution in [-0.2, 0) is 16.6 Å². The van der Waals surface area contributed by atoms with E-state index in [1.807, 2.05) is 6.07 Å². The molecule has 3 aromatic rings. The van der Waals surface area contributed by atoms with E-state index in [1.54, 1.807) is 48.8 Å². The summed E-state index contributed by atoms with van der Waals surface area (Å²) in [6.45, 7) is 0.277. The van der Waals surface area contributed by atoms with Crippen LogP contribution in [0.5, 0.6) is 0 Å². The average molecular weight is 402 g/mol. The summed E-state index contributed by atoms with van der Waals surface area (Å²) < 4.78 is 27.7. The molecule has 0 aliphatic heterocycles. The number of amides is 1. The fourth-order valence-corrected chi connectivity index (χ4v) is 3.94. The first-order chi connectivity index (χ1) is 13.0. The number of pyridine rings is 1. The number of nitrogens with one attached hydrogen (secondary N) is 2. The highest BCUT2D eigenvalue weighted by atomic mass is 35.5. The second-order valence-corrected chi connectivity index (χ2v) is 7.72. The molecule has 2 N–H and O–H groups in total. The minimum atomic E-state index is -3.94. The van der Waals surface area contributed by atoms with E-state index >= 15 is 0 Å². The Morgan fingerprint density at radius 2 is 1.81 bits per heavy atom. The number of carbonyl (C=O) groups is 1. The molecule has 0 aliphatic rings. The molecule has 0 saturated heterocycles. The average Bonchev–Trinajstić information content (AvgIpc) is 2.67. The number of halogens is 1. The number of rotatable bonds is 6. The molecule has 0 bridgehead atoms. The molecule has 0 fully saturated rings. The van der Waals surface area contributed by atoms with Crippen LogP contribution >= 0.6 is 11.6 Å². The van der Waals surface area contributed by atoms with E-state index in [0.717, 1.165) is 5.56 Å². The zero-order valence-electron chi connectivity index (χ0n) is 14.1. The van der Waals surface area contributed by atoms with E-state index < -0.39 is 15.9 Å². The summed E-state index contributed by atoms with van der Waals surface area (Å²) in [5, 5.41) is 2.76. The van der Waals surface area contributed by atoms with Gasteiger partial charge in [0, 0.05) is 30.2 Å². The van der Waals surface area contributed by atoms with Crippen molar-refractivity contribution in [1.82, 2.24) is 10.3 Å². The van der Waals surface area contributed by atoms with E-state index in [4.69, 9.17) is 11.6 Å². The third-order valence-electron chi connectivity index (χ3n) is 3.68. The van der Waals surface area contributed by atoms with Gasteiger partial charge in [0.15, 0.2) is 0 Å². The summed E-state index contributed by atoms with van der Waals surface area (Å²) in [5.74, 6) is -0.410. The molecule has 0 radical (unpaired) electrons. The maximum Gasteiger partial charge on any atom is 0.263 e. The van der Waals surface area contributed by atoms with Gasteiger partial charge in [-0.3, -0.25) is 14.5 Å². The third-order valence-corrected chi connectivity index (χ3v) is 5.55. The molecule has 0 atom stereocenters. The minimum Gasteiger partial charge on any atom is -0.348 e. The molecule has 1 heterocycles. The number of benzene rings is 2. The molecular weight excluding hydrogens is 386 g/mol. The predicted molar refractivity (Wildman–Crippen MR) is 104 cm³/mol. The zero-order valence-corrected chi connectivity index (χ0v) is 15.7. The Morgan fingerprint density at radius 1 is 1.04 bits per heavy atom. The second-order valence-electron chi connectivity index (χ2n) is 5.66. The van der Waals surface area contributed by atoms with Gasteiger partial charge in [-0.2, -0.15) is 0 Å². The molecule has 0 aliphatic carbocycles. The van der Waals surface area contributed by atoms with E-state index in [0.29, 0.717) is 5.69 Å². The summed E-state index contributed by atoms with van der Waals surface area (Å²) >= 11 is 6.07. The first-order valence-electron chi connectivity index (χ1n) is 8.00. The standard InChI is InChI=1S/C19H16ClN3O3S/c20-17-9-8-15(19(24)22-13-14-5-4-10-21-12-14)11-18(17)27(25,26)23-16-6-2-1-3-7-16/h1-12,23H,13H2,(H,22,24). The Hall–Kier alpha value is -2.90. The molecule has 1 amide bonds. The summed E-state index contributed by atoms with van der Waals surface area (Å²) in [6, 6.07) is 16.2. The fourth-order valence-electron chi connectivity index (χ4n) is 2.35. The molecule has 27 heavy (non-hydrogen) atoms. The van der Waals surface area contributed by atoms with Crippen LogP contribution in [0.25, 0.3) is 0 Å². The first kappa shape index (κ1) is 18.9. The zero-order chi connectivity index (χ0) is 19.3. The lowest BCUT2D eigenvalue weighted by Crippen LogP contribution is -2.23. The number of anilines is 1. The van der Waals surface area contributed by atoms with Crippen molar-refractivity contribution in [3.8, 4) is 0 Å². The number of nitrogens with zero attached hydrogens (tertiary/aromatic N) is 1. The lowest BCUT2D eigenvalue weighted by Gasteiger charge is -2.11. The van der Waals surface area contributed by atoms with Gasteiger partial charge < -0.3 is 5.32 Å². The van der Waals surface area contributed by atoms with E-state index in [2.05, 4.69) is 15.0 Å². The quantitative estimate of drug-likeness (QED) is 0.662. The maximum absolute atomic E-state index is 12.6. The Kier molecular flexibility index (Phi) is 5.73. The Balaban J connectivity index is 1.80. The highest BCUT2D eigenvalue weighted by Crippen LogP contribution is 2.25. The van der Waals surface area contributed by atoms with Crippen molar-refractivity contribution in [2.75, 3.05) is 4.72 Å². The fraction of sp³-hybridized carbons (Fsp3) is 0.0526. The normalized spacial score (nSPS) is 11.0. The molecule has 1 aromatic heterocycles. The molecular formula is C19H16ClN3O3S. The number of carbonyl (C=O) groups excluding carboxylic acids is 1. The SMILES string of the molecule is O=C(NCc1cccnc1)c1ccc(Cl)c(S(=O)(=O)Nc2ccccc2)c1. The van der Waals surface area contributed by atoms with Crippen LogP contribution in [0.1, 0.15) is 15.9 Å². The summed E-state index contributed by atoms with van der Waals surface area (Å²) in [4.78, 5) is 16.2. The van der Waals surface area contributed by atoms with Crippen molar-refractivity contribution in [2.45, 2.75) is 11.4 Å². The van der Waals surface area contributed by atoms with Gasteiger partial charge in [-0.05, 0) is 42.0 Å². The number of aromatic nitrogens is 1. The van der Waals surface area contributed by atoms with Crippen molar-refractivity contribution >= 4 is 33.2 Å². The Morgan fingerprint density at radius 3 is 2.52 bits per heavy atom. The van der Waals surface area contributed by atoms with Crippen LogP contribution < -0.4 is 10.0 Å². The van der Waals surface area contributed by atoms with Crippen molar-refractivity contribution < 1.29 is 13.2 Å². The predicted octanol–water partition coefficient (Wildman–Crippen LogP) is 3.47. The molecule has 0 unspecified atom stereocenters. The molecule has 0 spiro atoms. The minimum absolute atomic E-state index is 0.0299. The van der Waals surface area contributed by atoms with Crippen molar-refractivity contribution in [3.05, 3.63) is 89.2 Å². The summed E-state index contributed by atoms with van der Waals surface area (Å²) in [6.07, 6.45) is 3.28. The smallest absolute Gasteiger partial charge is 0.263 e. The van der Waals surface area contributed by atoms with Crippen molar-refractivity contribution in [3.63, 3.8) is 0 Å². The van der Waals surface area contributed by atoms with Gasteiger partial charge in [-0.1, -0.05) is 35.9 Å². The van der Waals surface area contributed by atoms with Crippen molar-refractivity contribution in [2.24, 2.45) is 0 Å². The highest BCUT2D eigenvalue weighted by molar-refractivity contribution is 7.92. The van der Waals surface area contributed by atoms with Gasteiger partial charge in [0.1, 0.15) is 4.90 Å². The lowest BCUT2D eigenvalue weighted by molar-refractivity contribution is 0.0950. The molecule has 8 heteroatoms. The Labute approximate surface area is 162 Å². The molecule has 3 rings (SSSR count). The lowest BCUT2D eigenvalue weighted by atomic mass is 10.2. The van der Waals surface area contributed by atoms with E-state index in [9.17, 15) is 13.2 Å². The number of hydrogen-bond acceptors (Lipinski definition) is 4. The third kappa shape index (κ3) is 4.84. The van der Waals surface area contributed by atoms with Gasteiger partial charge in [0.25, 0.3) is 15.9 Å². The number of hydrogen-bond donors (Lipinski definition) is 2. The molecule has 138 valence electrons. The number of sulfonamides is 1. The van der Waals surface area contributed by atoms with Gasteiger partial charge in [-0.25, -0.2) is 8.42 Å². The van der Waals surface area contributed by atoms with Crippen LogP contribution in [-0.4, -0.2) is 19.3 Å². The van der Waals surface area contributed by atoms with E-state index in [-0.39, 0.29) is 22.0 Å². The number of para-hydroxylation sites is 1. The van der Waals surface area contributed by atoms with Gasteiger partial charge in [-0.15, -0.1) is 0 Å². The largest absolute Gasteiger partial charge is 0.348 e. The van der Waals surface area contributed by atoms with Crippen LogP contribution in [0.2, 0.25) is 5.02 Å². The van der Waals surface area contributed by atoms with E-state index in [1.165, 1.54) is 18.2 Å². The second kappa shape index (κ2) is 8.20.